The standard InChI is InChI=1S/C30H31NO8/c1-5-36-29(33)24-16(3)31-21-14-20(17-7-10-19(35-4)11-8-17)26(30(34)37-6-2)28(32)27(21)25(24)18-9-12-22-23(13-18)39-15-38-22/h7-13,20,25-27H,5-6,14-15H2,1-4H3/t20-,25+,26-,27?/m0/s1. The fraction of sp³-hybridized carbons (Fsp3) is 0.400. The van der Waals surface area contributed by atoms with Gasteiger partial charge in [0.1, 0.15) is 11.7 Å². The Kier molecular flexibility index (Phi) is 7.41. The Morgan fingerprint density at radius 2 is 1.64 bits per heavy atom. The lowest BCUT2D eigenvalue weighted by Gasteiger charge is -2.41. The molecular weight excluding hydrogens is 502 g/mol. The third-order valence-corrected chi connectivity index (χ3v) is 7.48. The first-order valence-corrected chi connectivity index (χ1v) is 13.1. The second kappa shape index (κ2) is 10.9. The molecule has 4 atom stereocenters. The highest BCUT2D eigenvalue weighted by molar-refractivity contribution is 6.17. The predicted molar refractivity (Wildman–Crippen MR) is 141 cm³/mol. The van der Waals surface area contributed by atoms with Crippen LogP contribution < -0.4 is 14.2 Å². The van der Waals surface area contributed by atoms with E-state index in [0.29, 0.717) is 46.2 Å². The summed E-state index contributed by atoms with van der Waals surface area (Å²) in [5, 5.41) is 0. The quantitative estimate of drug-likeness (QED) is 0.382. The van der Waals surface area contributed by atoms with Crippen molar-refractivity contribution in [2.75, 3.05) is 27.1 Å². The summed E-state index contributed by atoms with van der Waals surface area (Å²) >= 11 is 0. The largest absolute Gasteiger partial charge is 0.497 e. The number of aliphatic imine (C=N–C) groups is 1. The molecule has 0 bridgehead atoms. The Hall–Kier alpha value is -4.14. The molecule has 1 aliphatic carbocycles. The fourth-order valence-corrected chi connectivity index (χ4v) is 5.79. The van der Waals surface area contributed by atoms with Gasteiger partial charge in [-0.15, -0.1) is 0 Å². The monoisotopic (exact) mass is 533 g/mol. The maximum Gasteiger partial charge on any atom is 0.336 e. The van der Waals surface area contributed by atoms with Gasteiger partial charge in [-0.05, 0) is 62.6 Å². The van der Waals surface area contributed by atoms with Crippen molar-refractivity contribution in [1.82, 2.24) is 0 Å². The summed E-state index contributed by atoms with van der Waals surface area (Å²) in [5.41, 5.74) is 2.88. The lowest BCUT2D eigenvalue weighted by atomic mass is 9.62. The summed E-state index contributed by atoms with van der Waals surface area (Å²) in [6.45, 7) is 5.59. The number of carbonyl (C=O) groups is 3. The van der Waals surface area contributed by atoms with E-state index in [0.717, 1.165) is 5.56 Å². The molecule has 9 nitrogen and oxygen atoms in total. The highest BCUT2D eigenvalue weighted by atomic mass is 16.7. The van der Waals surface area contributed by atoms with Gasteiger partial charge in [0.05, 0.1) is 31.8 Å². The highest BCUT2D eigenvalue weighted by Crippen LogP contribution is 2.49. The fourth-order valence-electron chi connectivity index (χ4n) is 5.79. The molecule has 204 valence electrons. The maximum absolute atomic E-state index is 14.4. The van der Waals surface area contributed by atoms with Crippen LogP contribution in [0.15, 0.2) is 58.7 Å². The molecule has 2 heterocycles. The Balaban J connectivity index is 1.64. The van der Waals surface area contributed by atoms with E-state index in [2.05, 4.69) is 0 Å². The van der Waals surface area contributed by atoms with E-state index < -0.39 is 35.6 Å². The lowest BCUT2D eigenvalue weighted by molar-refractivity contribution is -0.153. The first-order chi connectivity index (χ1) is 18.9. The first kappa shape index (κ1) is 26.5. The normalized spacial score (nSPS) is 23.6. The molecule has 1 saturated carbocycles. The van der Waals surface area contributed by atoms with Crippen molar-refractivity contribution in [2.45, 2.75) is 39.0 Å². The number of hydrogen-bond donors (Lipinski definition) is 0. The molecule has 1 fully saturated rings. The Labute approximate surface area is 226 Å². The molecule has 5 rings (SSSR count). The van der Waals surface area contributed by atoms with Crippen LogP contribution in [0.25, 0.3) is 0 Å². The van der Waals surface area contributed by atoms with E-state index in [1.54, 1.807) is 52.1 Å². The van der Waals surface area contributed by atoms with Crippen LogP contribution in [0.5, 0.6) is 17.2 Å². The van der Waals surface area contributed by atoms with Gasteiger partial charge in [0.15, 0.2) is 17.3 Å². The summed E-state index contributed by atoms with van der Waals surface area (Å²) in [4.78, 5) is 45.7. The van der Waals surface area contributed by atoms with Gasteiger partial charge in [-0.3, -0.25) is 14.6 Å². The minimum Gasteiger partial charge on any atom is -0.497 e. The summed E-state index contributed by atoms with van der Waals surface area (Å²) in [7, 11) is 1.58. The topological polar surface area (TPSA) is 110 Å². The Bertz CT molecular complexity index is 1360. The number of fused-ring (bicyclic) bond motifs is 2. The minimum atomic E-state index is -1.07. The van der Waals surface area contributed by atoms with Crippen LogP contribution in [0.2, 0.25) is 0 Å². The maximum atomic E-state index is 14.4. The molecule has 0 amide bonds. The zero-order valence-corrected chi connectivity index (χ0v) is 22.4. The number of rotatable bonds is 7. The second-order valence-corrected chi connectivity index (χ2v) is 9.61. The van der Waals surface area contributed by atoms with Crippen LogP contribution in [0.1, 0.15) is 50.2 Å². The molecule has 0 spiro atoms. The van der Waals surface area contributed by atoms with E-state index >= 15 is 0 Å². The molecule has 0 aromatic heterocycles. The first-order valence-electron chi connectivity index (χ1n) is 13.1. The van der Waals surface area contributed by atoms with E-state index in [1.165, 1.54) is 0 Å². The zero-order chi connectivity index (χ0) is 27.7. The molecule has 0 radical (unpaired) electrons. The van der Waals surface area contributed by atoms with Gasteiger partial charge in [0.25, 0.3) is 0 Å². The molecule has 0 saturated heterocycles. The van der Waals surface area contributed by atoms with E-state index in [-0.39, 0.29) is 25.8 Å². The molecule has 0 N–H and O–H groups in total. The molecular formula is C30H31NO8. The van der Waals surface area contributed by atoms with Crippen LogP contribution in [-0.4, -0.2) is 50.6 Å². The van der Waals surface area contributed by atoms with E-state index in [1.807, 2.05) is 18.2 Å². The van der Waals surface area contributed by atoms with Gasteiger partial charge < -0.3 is 23.7 Å². The molecule has 39 heavy (non-hydrogen) atoms. The summed E-state index contributed by atoms with van der Waals surface area (Å²) in [6, 6.07) is 12.7. The molecule has 9 heteroatoms. The summed E-state index contributed by atoms with van der Waals surface area (Å²) in [5.74, 6) is -2.80. The Morgan fingerprint density at radius 3 is 2.33 bits per heavy atom. The number of esters is 2. The molecule has 2 aliphatic heterocycles. The molecule has 2 aromatic carbocycles. The van der Waals surface area contributed by atoms with Crippen molar-refractivity contribution >= 4 is 23.4 Å². The van der Waals surface area contributed by atoms with Crippen LogP contribution in [0.4, 0.5) is 0 Å². The number of ketones is 1. The average molecular weight is 534 g/mol. The number of methoxy groups -OCH3 is 1. The third-order valence-electron chi connectivity index (χ3n) is 7.48. The number of carbonyl (C=O) groups excluding carboxylic acids is 3. The Morgan fingerprint density at radius 1 is 0.949 bits per heavy atom. The van der Waals surface area contributed by atoms with Crippen LogP contribution in [0, 0.1) is 11.8 Å². The molecule has 3 aliphatic rings. The van der Waals surface area contributed by atoms with Crippen molar-refractivity contribution in [1.29, 1.82) is 0 Å². The van der Waals surface area contributed by atoms with Gasteiger partial charge in [-0.25, -0.2) is 4.79 Å². The van der Waals surface area contributed by atoms with Gasteiger partial charge >= 0.3 is 11.9 Å². The van der Waals surface area contributed by atoms with E-state index in [4.69, 9.17) is 28.7 Å². The number of benzene rings is 2. The number of allylic oxidation sites excluding steroid dienone is 1. The van der Waals surface area contributed by atoms with Gasteiger partial charge in [0, 0.05) is 23.2 Å². The highest BCUT2D eigenvalue weighted by Gasteiger charge is 2.53. The molecule has 2 aromatic rings. The SMILES string of the molecule is CCOC(=O)C1=C(C)N=C2C[C@@H](c3ccc(OC)cc3)[C@H](C(=O)OCC)C(=O)C2[C@@H]1c1ccc2c(c1)OCO2. The minimum absolute atomic E-state index is 0.0899. The van der Waals surface area contributed by atoms with Crippen molar-refractivity contribution in [3.8, 4) is 17.2 Å². The van der Waals surface area contributed by atoms with Crippen molar-refractivity contribution < 1.29 is 38.1 Å². The van der Waals surface area contributed by atoms with Gasteiger partial charge in [-0.2, -0.15) is 0 Å². The van der Waals surface area contributed by atoms with Gasteiger partial charge in [-0.1, -0.05) is 18.2 Å². The van der Waals surface area contributed by atoms with Crippen LogP contribution in [-0.2, 0) is 23.9 Å². The summed E-state index contributed by atoms with van der Waals surface area (Å²) < 4.78 is 27.2. The zero-order valence-electron chi connectivity index (χ0n) is 22.4. The second-order valence-electron chi connectivity index (χ2n) is 9.61. The summed E-state index contributed by atoms with van der Waals surface area (Å²) in [6.07, 6.45) is 0.348. The van der Waals surface area contributed by atoms with Crippen LogP contribution in [0.3, 0.4) is 0 Å². The average Bonchev–Trinajstić information content (AvgIpc) is 3.40. The van der Waals surface area contributed by atoms with Gasteiger partial charge in [0.2, 0.25) is 6.79 Å². The van der Waals surface area contributed by atoms with Crippen molar-refractivity contribution in [2.24, 2.45) is 16.8 Å². The number of Topliss-reactive ketones (excluding diaryl/α,β-unsaturated/α-hetero) is 1. The number of ether oxygens (including phenoxy) is 5. The lowest BCUT2D eigenvalue weighted by Crippen LogP contribution is -2.48. The third kappa shape index (κ3) is 4.77. The van der Waals surface area contributed by atoms with Crippen LogP contribution >= 0.6 is 0 Å². The smallest absolute Gasteiger partial charge is 0.336 e. The predicted octanol–water partition coefficient (Wildman–Crippen LogP) is 4.35. The van der Waals surface area contributed by atoms with E-state index in [9.17, 15) is 14.4 Å². The number of hydrogen-bond acceptors (Lipinski definition) is 9. The number of nitrogens with zero attached hydrogens (tertiary/aromatic N) is 1. The van der Waals surface area contributed by atoms with Crippen molar-refractivity contribution in [3.63, 3.8) is 0 Å². The van der Waals surface area contributed by atoms with Crippen molar-refractivity contribution in [3.05, 3.63) is 64.9 Å². The molecule has 1 unspecified atom stereocenters.